The lowest BCUT2D eigenvalue weighted by Crippen LogP contribution is -2.32. The monoisotopic (exact) mass is 180 g/mol. The van der Waals surface area contributed by atoms with Crippen molar-refractivity contribution < 1.29 is 0 Å². The van der Waals surface area contributed by atoms with E-state index >= 15 is 0 Å². The van der Waals surface area contributed by atoms with Crippen molar-refractivity contribution in [2.75, 3.05) is 0 Å². The van der Waals surface area contributed by atoms with Gasteiger partial charge < -0.3 is 0 Å². The van der Waals surface area contributed by atoms with Gasteiger partial charge in [0.1, 0.15) is 0 Å². The van der Waals surface area contributed by atoms with Crippen LogP contribution in [0.15, 0.2) is 12.2 Å². The molecule has 0 unspecified atom stereocenters. The largest absolute Gasteiger partial charge is 0.0879 e. The van der Waals surface area contributed by atoms with Gasteiger partial charge in [0.15, 0.2) is 0 Å². The van der Waals surface area contributed by atoms with Crippen molar-refractivity contribution in [1.82, 2.24) is 0 Å². The summed E-state index contributed by atoms with van der Waals surface area (Å²) in [5.41, 5.74) is 0.867. The van der Waals surface area contributed by atoms with E-state index in [0.29, 0.717) is 10.8 Å². The van der Waals surface area contributed by atoms with E-state index in [1.54, 1.807) is 0 Å². The summed E-state index contributed by atoms with van der Waals surface area (Å²) in [7, 11) is 0. The highest BCUT2D eigenvalue weighted by molar-refractivity contribution is 5.07. The second-order valence-corrected chi connectivity index (χ2v) is 6.53. The standard InChI is InChI=1S/C13H24/c1-12(2,3)10-8-7-9-11(10)13(4,5)6/h7-8,10-11H,9H2,1-6H3/t10-,11-/m1/s1. The Morgan fingerprint density at radius 2 is 1.46 bits per heavy atom. The van der Waals surface area contributed by atoms with Gasteiger partial charge in [0.25, 0.3) is 0 Å². The Balaban J connectivity index is 2.81. The molecule has 0 bridgehead atoms. The zero-order chi connectivity index (χ0) is 10.3. The molecule has 0 fully saturated rings. The number of rotatable bonds is 0. The second kappa shape index (κ2) is 3.15. The normalized spacial score (nSPS) is 29.7. The second-order valence-electron chi connectivity index (χ2n) is 6.53. The highest BCUT2D eigenvalue weighted by Gasteiger charge is 2.38. The molecule has 0 aliphatic heterocycles. The Morgan fingerprint density at radius 1 is 0.923 bits per heavy atom. The van der Waals surface area contributed by atoms with Crippen LogP contribution in [0.25, 0.3) is 0 Å². The Hall–Kier alpha value is -0.260. The van der Waals surface area contributed by atoms with E-state index in [0.717, 1.165) is 11.8 Å². The van der Waals surface area contributed by atoms with E-state index in [-0.39, 0.29) is 0 Å². The molecule has 1 aliphatic rings. The van der Waals surface area contributed by atoms with Crippen LogP contribution in [0.2, 0.25) is 0 Å². The van der Waals surface area contributed by atoms with Crippen LogP contribution in [-0.4, -0.2) is 0 Å². The molecular formula is C13H24. The van der Waals surface area contributed by atoms with Gasteiger partial charge in [-0.1, -0.05) is 53.7 Å². The first-order valence-electron chi connectivity index (χ1n) is 5.39. The molecule has 76 valence electrons. The quantitative estimate of drug-likeness (QED) is 0.488. The third-order valence-electron chi connectivity index (χ3n) is 3.28. The van der Waals surface area contributed by atoms with Gasteiger partial charge in [0.2, 0.25) is 0 Å². The van der Waals surface area contributed by atoms with Gasteiger partial charge in [0, 0.05) is 0 Å². The molecular weight excluding hydrogens is 156 g/mol. The van der Waals surface area contributed by atoms with Crippen LogP contribution >= 0.6 is 0 Å². The molecule has 13 heavy (non-hydrogen) atoms. The SMILES string of the molecule is CC(C)(C)[C@@H]1C=CC[C@H]1C(C)(C)C. The summed E-state index contributed by atoms with van der Waals surface area (Å²) in [4.78, 5) is 0. The molecule has 0 aromatic heterocycles. The molecule has 0 saturated carbocycles. The molecule has 0 heteroatoms. The predicted molar refractivity (Wildman–Crippen MR) is 59.6 cm³/mol. The molecule has 0 saturated heterocycles. The summed E-state index contributed by atoms with van der Waals surface area (Å²) in [6, 6.07) is 0. The van der Waals surface area contributed by atoms with Crippen molar-refractivity contribution in [3.05, 3.63) is 12.2 Å². The topological polar surface area (TPSA) is 0 Å². The van der Waals surface area contributed by atoms with Crippen molar-refractivity contribution in [1.29, 1.82) is 0 Å². The van der Waals surface area contributed by atoms with Gasteiger partial charge >= 0.3 is 0 Å². The van der Waals surface area contributed by atoms with Crippen LogP contribution in [0, 0.1) is 22.7 Å². The van der Waals surface area contributed by atoms with Gasteiger partial charge in [-0.3, -0.25) is 0 Å². The molecule has 0 N–H and O–H groups in total. The van der Waals surface area contributed by atoms with Crippen molar-refractivity contribution in [2.45, 2.75) is 48.0 Å². The van der Waals surface area contributed by atoms with E-state index in [2.05, 4.69) is 53.7 Å². The Kier molecular flexibility index (Phi) is 2.62. The van der Waals surface area contributed by atoms with Gasteiger partial charge in [-0.2, -0.15) is 0 Å². The summed E-state index contributed by atoms with van der Waals surface area (Å²) in [5.74, 6) is 1.58. The summed E-state index contributed by atoms with van der Waals surface area (Å²) < 4.78 is 0. The van der Waals surface area contributed by atoms with E-state index in [9.17, 15) is 0 Å². The molecule has 0 aromatic carbocycles. The first-order valence-corrected chi connectivity index (χ1v) is 5.39. The average Bonchev–Trinajstić information content (AvgIpc) is 2.27. The van der Waals surface area contributed by atoms with Crippen LogP contribution < -0.4 is 0 Å². The van der Waals surface area contributed by atoms with Gasteiger partial charge in [0.05, 0.1) is 0 Å². The van der Waals surface area contributed by atoms with Crippen LogP contribution in [0.3, 0.4) is 0 Å². The number of hydrogen-bond donors (Lipinski definition) is 0. The van der Waals surface area contributed by atoms with Crippen molar-refractivity contribution in [3.63, 3.8) is 0 Å². The first-order chi connectivity index (χ1) is 5.73. The average molecular weight is 180 g/mol. The molecule has 0 radical (unpaired) electrons. The minimum atomic E-state index is 0.422. The third kappa shape index (κ3) is 2.36. The summed E-state index contributed by atoms with van der Waals surface area (Å²) in [5, 5.41) is 0. The highest BCUT2D eigenvalue weighted by atomic mass is 14.4. The maximum absolute atomic E-state index is 2.43. The van der Waals surface area contributed by atoms with Crippen LogP contribution in [0.1, 0.15) is 48.0 Å². The van der Waals surface area contributed by atoms with Gasteiger partial charge in [-0.05, 0) is 29.1 Å². The lowest BCUT2D eigenvalue weighted by Gasteiger charge is -2.39. The van der Waals surface area contributed by atoms with Crippen LogP contribution in [0.4, 0.5) is 0 Å². The lowest BCUT2D eigenvalue weighted by molar-refractivity contribution is 0.120. The van der Waals surface area contributed by atoms with Crippen molar-refractivity contribution >= 4 is 0 Å². The minimum absolute atomic E-state index is 0.422. The smallest absolute Gasteiger partial charge is 0.0148 e. The minimum Gasteiger partial charge on any atom is -0.0879 e. The first kappa shape index (κ1) is 10.8. The molecule has 2 atom stereocenters. The molecule has 0 heterocycles. The summed E-state index contributed by atoms with van der Waals surface area (Å²) >= 11 is 0. The fraction of sp³-hybridized carbons (Fsp3) is 0.846. The Labute approximate surface area is 83.4 Å². The molecule has 1 rings (SSSR count). The van der Waals surface area contributed by atoms with E-state index in [1.165, 1.54) is 6.42 Å². The number of hydrogen-bond acceptors (Lipinski definition) is 0. The fourth-order valence-corrected chi connectivity index (χ4v) is 2.44. The lowest BCUT2D eigenvalue weighted by atomic mass is 9.66. The van der Waals surface area contributed by atoms with Crippen molar-refractivity contribution in [2.24, 2.45) is 22.7 Å². The molecule has 0 nitrogen and oxygen atoms in total. The summed E-state index contributed by atoms with van der Waals surface area (Å²) in [6.45, 7) is 14.2. The predicted octanol–water partition coefficient (Wildman–Crippen LogP) is 4.27. The van der Waals surface area contributed by atoms with Crippen LogP contribution in [-0.2, 0) is 0 Å². The van der Waals surface area contributed by atoms with E-state index in [4.69, 9.17) is 0 Å². The zero-order valence-electron chi connectivity index (χ0n) is 10.0. The zero-order valence-corrected chi connectivity index (χ0v) is 10.0. The van der Waals surface area contributed by atoms with Crippen molar-refractivity contribution in [3.8, 4) is 0 Å². The molecule has 1 aliphatic carbocycles. The molecule has 0 amide bonds. The Morgan fingerprint density at radius 3 is 1.77 bits per heavy atom. The molecule has 0 spiro atoms. The Bertz CT molecular complexity index is 197. The number of allylic oxidation sites excluding steroid dienone is 2. The van der Waals surface area contributed by atoms with E-state index in [1.807, 2.05) is 0 Å². The highest BCUT2D eigenvalue weighted by Crippen LogP contribution is 2.47. The van der Waals surface area contributed by atoms with Gasteiger partial charge in [-0.15, -0.1) is 0 Å². The van der Waals surface area contributed by atoms with E-state index < -0.39 is 0 Å². The fourth-order valence-electron chi connectivity index (χ4n) is 2.44. The summed E-state index contributed by atoms with van der Waals surface area (Å²) in [6.07, 6.45) is 6.06. The maximum atomic E-state index is 2.43. The molecule has 0 aromatic rings. The van der Waals surface area contributed by atoms with Crippen LogP contribution in [0.5, 0.6) is 0 Å². The maximum Gasteiger partial charge on any atom is -0.0148 e. The van der Waals surface area contributed by atoms with Gasteiger partial charge in [-0.25, -0.2) is 0 Å². The third-order valence-corrected chi connectivity index (χ3v) is 3.28.